The highest BCUT2D eigenvalue weighted by molar-refractivity contribution is 5.79. The number of hydrogen-bond acceptors (Lipinski definition) is 4. The van der Waals surface area contributed by atoms with Crippen LogP contribution in [0.1, 0.15) is 18.9 Å². The van der Waals surface area contributed by atoms with E-state index in [0.717, 1.165) is 42.5 Å². The van der Waals surface area contributed by atoms with Crippen molar-refractivity contribution >= 4 is 5.96 Å². The Hall–Kier alpha value is -1.95. The van der Waals surface area contributed by atoms with Gasteiger partial charge >= 0.3 is 0 Å². The van der Waals surface area contributed by atoms with E-state index in [2.05, 4.69) is 15.6 Å². The summed E-state index contributed by atoms with van der Waals surface area (Å²) in [7, 11) is 1.68. The van der Waals surface area contributed by atoms with E-state index in [1.54, 1.807) is 7.11 Å². The molecule has 0 saturated carbocycles. The molecule has 6 nitrogen and oxygen atoms in total. The van der Waals surface area contributed by atoms with Crippen LogP contribution in [-0.4, -0.2) is 46.0 Å². The first-order chi connectivity index (χ1) is 10.8. The zero-order chi connectivity index (χ0) is 15.6. The van der Waals surface area contributed by atoms with Crippen LogP contribution in [0.15, 0.2) is 23.2 Å². The average molecular weight is 307 g/mol. The minimum absolute atomic E-state index is 0.582. The molecule has 0 amide bonds. The van der Waals surface area contributed by atoms with E-state index >= 15 is 0 Å². The predicted octanol–water partition coefficient (Wildman–Crippen LogP) is 1.55. The van der Waals surface area contributed by atoms with Crippen molar-refractivity contribution in [3.63, 3.8) is 0 Å². The molecule has 1 aliphatic rings. The van der Waals surface area contributed by atoms with E-state index < -0.39 is 0 Å². The first-order valence-corrected chi connectivity index (χ1v) is 7.73. The van der Waals surface area contributed by atoms with Crippen molar-refractivity contribution in [2.75, 3.05) is 40.0 Å². The zero-order valence-corrected chi connectivity index (χ0v) is 13.4. The minimum atomic E-state index is 0.582. The fourth-order valence-electron chi connectivity index (χ4n) is 2.09. The summed E-state index contributed by atoms with van der Waals surface area (Å²) in [5.74, 6) is 2.41. The molecule has 1 aliphatic heterocycles. The number of nitrogens with one attached hydrogen (secondary N) is 2. The van der Waals surface area contributed by atoms with Gasteiger partial charge in [-0.15, -0.1) is 0 Å². The van der Waals surface area contributed by atoms with Crippen molar-refractivity contribution in [1.82, 2.24) is 10.6 Å². The van der Waals surface area contributed by atoms with E-state index in [1.165, 1.54) is 0 Å². The third kappa shape index (κ3) is 5.11. The monoisotopic (exact) mass is 307 g/mol. The molecular formula is C16H25N3O3. The van der Waals surface area contributed by atoms with Crippen molar-refractivity contribution in [2.45, 2.75) is 19.9 Å². The van der Waals surface area contributed by atoms with Crippen LogP contribution in [-0.2, 0) is 11.3 Å². The molecule has 0 saturated heterocycles. The Balaban J connectivity index is 1.98. The van der Waals surface area contributed by atoms with Crippen LogP contribution in [0.25, 0.3) is 0 Å². The molecular weight excluding hydrogens is 282 g/mol. The fourth-order valence-corrected chi connectivity index (χ4v) is 2.09. The van der Waals surface area contributed by atoms with Crippen LogP contribution < -0.4 is 20.1 Å². The fraction of sp³-hybridized carbons (Fsp3) is 0.562. The Morgan fingerprint density at radius 1 is 1.23 bits per heavy atom. The topological polar surface area (TPSA) is 64.1 Å². The lowest BCUT2D eigenvalue weighted by Gasteiger charge is -2.11. The number of rotatable bonds is 6. The lowest BCUT2D eigenvalue weighted by Crippen LogP contribution is -2.38. The number of methoxy groups -OCH3 is 1. The highest BCUT2D eigenvalue weighted by Crippen LogP contribution is 2.30. The molecule has 1 aromatic carbocycles. The van der Waals surface area contributed by atoms with E-state index in [0.29, 0.717) is 26.4 Å². The second-order valence-electron chi connectivity index (χ2n) is 4.95. The molecule has 22 heavy (non-hydrogen) atoms. The van der Waals surface area contributed by atoms with Crippen LogP contribution in [0.2, 0.25) is 0 Å². The second-order valence-corrected chi connectivity index (χ2v) is 4.95. The van der Waals surface area contributed by atoms with Gasteiger partial charge in [0.05, 0.1) is 26.4 Å². The number of fused-ring (bicyclic) bond motifs is 1. The molecule has 0 aliphatic carbocycles. The summed E-state index contributed by atoms with van der Waals surface area (Å²) >= 11 is 0. The quantitative estimate of drug-likeness (QED) is 0.474. The predicted molar refractivity (Wildman–Crippen MR) is 86.7 cm³/mol. The first-order valence-electron chi connectivity index (χ1n) is 7.73. The van der Waals surface area contributed by atoms with Gasteiger partial charge in [-0.2, -0.15) is 0 Å². The SMILES string of the molecule is CCNC(=NCc1ccc2c(c1)OCCCO2)NCCOC. The second kappa shape index (κ2) is 9.15. The molecule has 0 unspecified atom stereocenters. The molecule has 0 fully saturated rings. The summed E-state index contributed by atoms with van der Waals surface area (Å²) in [6, 6.07) is 5.98. The van der Waals surface area contributed by atoms with E-state index in [4.69, 9.17) is 14.2 Å². The average Bonchev–Trinajstić information content (AvgIpc) is 2.77. The van der Waals surface area contributed by atoms with Gasteiger partial charge in [0.15, 0.2) is 17.5 Å². The van der Waals surface area contributed by atoms with Crippen LogP contribution >= 0.6 is 0 Å². The van der Waals surface area contributed by atoms with Gasteiger partial charge in [0, 0.05) is 26.6 Å². The highest BCUT2D eigenvalue weighted by Gasteiger charge is 2.10. The van der Waals surface area contributed by atoms with E-state index in [-0.39, 0.29) is 0 Å². The molecule has 2 N–H and O–H groups in total. The summed E-state index contributed by atoms with van der Waals surface area (Å²) < 4.78 is 16.4. The molecule has 122 valence electrons. The van der Waals surface area contributed by atoms with Gasteiger partial charge in [0.1, 0.15) is 0 Å². The lowest BCUT2D eigenvalue weighted by atomic mass is 10.2. The van der Waals surface area contributed by atoms with Gasteiger partial charge in [-0.1, -0.05) is 6.07 Å². The Morgan fingerprint density at radius 3 is 2.82 bits per heavy atom. The normalized spacial score (nSPS) is 14.4. The molecule has 1 aromatic rings. The van der Waals surface area contributed by atoms with Crippen molar-refractivity contribution in [2.24, 2.45) is 4.99 Å². The van der Waals surface area contributed by atoms with Crippen molar-refractivity contribution in [1.29, 1.82) is 0 Å². The Morgan fingerprint density at radius 2 is 2.05 bits per heavy atom. The summed E-state index contributed by atoms with van der Waals surface area (Å²) in [4.78, 5) is 4.57. The summed E-state index contributed by atoms with van der Waals surface area (Å²) in [6.45, 7) is 6.22. The molecule has 0 radical (unpaired) electrons. The van der Waals surface area contributed by atoms with Gasteiger partial charge in [-0.25, -0.2) is 4.99 Å². The van der Waals surface area contributed by atoms with Gasteiger partial charge in [-0.05, 0) is 24.6 Å². The third-order valence-electron chi connectivity index (χ3n) is 3.17. The summed E-state index contributed by atoms with van der Waals surface area (Å²) in [5, 5.41) is 6.43. The van der Waals surface area contributed by atoms with Gasteiger partial charge in [0.2, 0.25) is 0 Å². The van der Waals surface area contributed by atoms with Crippen molar-refractivity contribution in [3.8, 4) is 11.5 Å². The van der Waals surface area contributed by atoms with Crippen molar-refractivity contribution < 1.29 is 14.2 Å². The van der Waals surface area contributed by atoms with E-state index in [1.807, 2.05) is 25.1 Å². The summed E-state index contributed by atoms with van der Waals surface area (Å²) in [5.41, 5.74) is 1.09. The molecule has 6 heteroatoms. The third-order valence-corrected chi connectivity index (χ3v) is 3.17. The van der Waals surface area contributed by atoms with Gasteiger partial charge in [0.25, 0.3) is 0 Å². The maximum Gasteiger partial charge on any atom is 0.191 e. The number of aliphatic imine (C=N–C) groups is 1. The Bertz CT molecular complexity index is 492. The highest BCUT2D eigenvalue weighted by atomic mass is 16.5. The molecule has 0 bridgehead atoms. The number of hydrogen-bond donors (Lipinski definition) is 2. The number of benzene rings is 1. The van der Waals surface area contributed by atoms with Crippen molar-refractivity contribution in [3.05, 3.63) is 23.8 Å². The maximum absolute atomic E-state index is 5.70. The zero-order valence-electron chi connectivity index (χ0n) is 13.4. The molecule has 1 heterocycles. The van der Waals surface area contributed by atoms with Crippen LogP contribution in [0.4, 0.5) is 0 Å². The first kappa shape index (κ1) is 16.4. The molecule has 2 rings (SSSR count). The molecule has 0 spiro atoms. The summed E-state index contributed by atoms with van der Waals surface area (Å²) in [6.07, 6.45) is 0.913. The van der Waals surface area contributed by atoms with Crippen LogP contribution in [0, 0.1) is 0 Å². The minimum Gasteiger partial charge on any atom is -0.490 e. The molecule has 0 aromatic heterocycles. The molecule has 0 atom stereocenters. The van der Waals surface area contributed by atoms with E-state index in [9.17, 15) is 0 Å². The smallest absolute Gasteiger partial charge is 0.191 e. The number of guanidine groups is 1. The van der Waals surface area contributed by atoms with Gasteiger partial charge < -0.3 is 24.8 Å². The number of nitrogens with zero attached hydrogens (tertiary/aromatic N) is 1. The van der Waals surface area contributed by atoms with Gasteiger partial charge in [-0.3, -0.25) is 0 Å². The Kier molecular flexibility index (Phi) is 6.83. The van der Waals surface area contributed by atoms with Crippen LogP contribution in [0.5, 0.6) is 11.5 Å². The number of ether oxygens (including phenoxy) is 3. The van der Waals surface area contributed by atoms with Crippen LogP contribution in [0.3, 0.4) is 0 Å². The lowest BCUT2D eigenvalue weighted by molar-refractivity contribution is 0.203. The standard InChI is InChI=1S/C16H25N3O3/c1-3-17-16(18-7-10-20-2)19-12-13-5-6-14-15(11-13)22-9-4-8-21-14/h5-6,11H,3-4,7-10,12H2,1-2H3,(H2,17,18,19). The Labute approximate surface area is 131 Å². The largest absolute Gasteiger partial charge is 0.490 e. The maximum atomic E-state index is 5.70.